The van der Waals surface area contributed by atoms with Crippen LogP contribution in [-0.4, -0.2) is 18.1 Å². The molecule has 1 aromatic heterocycles. The van der Waals surface area contributed by atoms with Gasteiger partial charge in [-0.05, 0) is 5.56 Å². The van der Waals surface area contributed by atoms with Crippen molar-refractivity contribution in [1.29, 1.82) is 0 Å². The minimum absolute atomic E-state index is 0.00926. The van der Waals surface area contributed by atoms with Crippen molar-refractivity contribution < 1.29 is 18.3 Å². The zero-order chi connectivity index (χ0) is 12.3. The number of aromatic nitrogens is 1. The molecule has 0 saturated carbocycles. The first-order valence-corrected chi connectivity index (χ1v) is 4.33. The van der Waals surface area contributed by atoms with E-state index in [4.69, 9.17) is 5.73 Å². The Morgan fingerprint density at radius 1 is 1.62 bits per heavy atom. The van der Waals surface area contributed by atoms with Gasteiger partial charge in [-0.2, -0.15) is 0 Å². The molecular formula is C9H10F2N2O3. The highest BCUT2D eigenvalue weighted by molar-refractivity contribution is 5.91. The predicted molar refractivity (Wildman–Crippen MR) is 51.3 cm³/mol. The number of nitrogens with one attached hydrogen (secondary N) is 1. The Labute approximate surface area is 89.2 Å². The Bertz CT molecular complexity index is 457. The fourth-order valence-corrected chi connectivity index (χ4v) is 1.31. The third kappa shape index (κ3) is 2.08. The van der Waals surface area contributed by atoms with E-state index in [1.807, 2.05) is 0 Å². The number of pyridine rings is 1. The molecule has 0 aliphatic heterocycles. The molecule has 5 nitrogen and oxygen atoms in total. The van der Waals surface area contributed by atoms with Crippen LogP contribution in [0.1, 0.15) is 27.9 Å². The largest absolute Gasteiger partial charge is 0.465 e. The molecule has 0 unspecified atom stereocenters. The number of rotatable bonds is 3. The van der Waals surface area contributed by atoms with Gasteiger partial charge in [-0.3, -0.25) is 4.79 Å². The summed E-state index contributed by atoms with van der Waals surface area (Å²) in [4.78, 5) is 24.7. The average molecular weight is 232 g/mol. The number of ether oxygens (including phenoxy) is 1. The van der Waals surface area contributed by atoms with Crippen molar-refractivity contribution in [1.82, 2.24) is 4.98 Å². The molecule has 1 aromatic rings. The van der Waals surface area contributed by atoms with Crippen molar-refractivity contribution >= 4 is 5.97 Å². The van der Waals surface area contributed by atoms with Gasteiger partial charge in [0.15, 0.2) is 0 Å². The van der Waals surface area contributed by atoms with Crippen LogP contribution in [0.25, 0.3) is 0 Å². The lowest BCUT2D eigenvalue weighted by Gasteiger charge is -2.10. The number of methoxy groups -OCH3 is 1. The van der Waals surface area contributed by atoms with Gasteiger partial charge in [0.2, 0.25) is 0 Å². The van der Waals surface area contributed by atoms with E-state index in [1.165, 1.54) is 0 Å². The number of aromatic amines is 1. The second kappa shape index (κ2) is 4.84. The zero-order valence-electron chi connectivity index (χ0n) is 8.42. The molecule has 0 amide bonds. The Kier molecular flexibility index (Phi) is 3.73. The summed E-state index contributed by atoms with van der Waals surface area (Å²) in [6.45, 7) is -0.208. The molecule has 88 valence electrons. The van der Waals surface area contributed by atoms with E-state index in [0.29, 0.717) is 0 Å². The minimum Gasteiger partial charge on any atom is -0.465 e. The number of carbonyl (C=O) groups is 1. The summed E-state index contributed by atoms with van der Waals surface area (Å²) in [6.07, 6.45) is -1.90. The molecule has 0 spiro atoms. The summed E-state index contributed by atoms with van der Waals surface area (Å²) in [7, 11) is 1.01. The van der Waals surface area contributed by atoms with Crippen LogP contribution in [-0.2, 0) is 11.3 Å². The normalized spacial score (nSPS) is 10.6. The lowest BCUT2D eigenvalue weighted by molar-refractivity contribution is 0.0586. The number of carbonyl (C=O) groups excluding carboxylic acids is 1. The van der Waals surface area contributed by atoms with Crippen LogP contribution in [0.15, 0.2) is 11.0 Å². The summed E-state index contributed by atoms with van der Waals surface area (Å²) in [5, 5.41) is 0. The number of H-pyrrole nitrogens is 1. The summed E-state index contributed by atoms with van der Waals surface area (Å²) in [5.41, 5.74) is 2.97. The van der Waals surface area contributed by atoms with Crippen molar-refractivity contribution in [3.63, 3.8) is 0 Å². The fourth-order valence-electron chi connectivity index (χ4n) is 1.31. The van der Waals surface area contributed by atoms with E-state index in [-0.39, 0.29) is 12.1 Å². The third-order valence-corrected chi connectivity index (χ3v) is 2.05. The molecular weight excluding hydrogens is 222 g/mol. The molecule has 0 aliphatic carbocycles. The van der Waals surface area contributed by atoms with Crippen LogP contribution in [0, 0.1) is 0 Å². The quantitative estimate of drug-likeness (QED) is 0.745. The molecule has 0 radical (unpaired) electrons. The van der Waals surface area contributed by atoms with Gasteiger partial charge in [0.05, 0.1) is 7.11 Å². The highest BCUT2D eigenvalue weighted by atomic mass is 19.3. The summed E-state index contributed by atoms with van der Waals surface area (Å²) >= 11 is 0. The van der Waals surface area contributed by atoms with E-state index < -0.39 is 29.1 Å². The molecule has 7 heteroatoms. The maximum Gasteiger partial charge on any atom is 0.344 e. The third-order valence-electron chi connectivity index (χ3n) is 2.05. The smallest absolute Gasteiger partial charge is 0.344 e. The molecule has 0 fully saturated rings. The van der Waals surface area contributed by atoms with Crippen molar-refractivity contribution in [2.45, 2.75) is 13.0 Å². The Morgan fingerprint density at radius 3 is 2.69 bits per heavy atom. The molecule has 16 heavy (non-hydrogen) atoms. The van der Waals surface area contributed by atoms with E-state index in [2.05, 4.69) is 9.72 Å². The Balaban J connectivity index is 3.54. The van der Waals surface area contributed by atoms with Crippen molar-refractivity contribution in [2.75, 3.05) is 7.11 Å². The van der Waals surface area contributed by atoms with Crippen LogP contribution < -0.4 is 11.3 Å². The van der Waals surface area contributed by atoms with Crippen LogP contribution in [0.4, 0.5) is 8.78 Å². The van der Waals surface area contributed by atoms with Gasteiger partial charge < -0.3 is 15.5 Å². The molecule has 0 bridgehead atoms. The molecule has 0 atom stereocenters. The van der Waals surface area contributed by atoms with Gasteiger partial charge in [0, 0.05) is 18.3 Å². The summed E-state index contributed by atoms with van der Waals surface area (Å²) in [6, 6.07) is 0. The van der Waals surface area contributed by atoms with Crippen molar-refractivity contribution in [3.8, 4) is 0 Å². The maximum absolute atomic E-state index is 12.7. The second-order valence-corrected chi connectivity index (χ2v) is 2.93. The Morgan fingerprint density at radius 2 is 2.25 bits per heavy atom. The van der Waals surface area contributed by atoms with Gasteiger partial charge in [0.1, 0.15) is 5.56 Å². The molecule has 3 N–H and O–H groups in total. The number of alkyl halides is 2. The maximum atomic E-state index is 12.7. The number of hydrogen-bond donors (Lipinski definition) is 2. The van der Waals surface area contributed by atoms with E-state index in [0.717, 1.165) is 13.3 Å². The van der Waals surface area contributed by atoms with Crippen LogP contribution in [0.3, 0.4) is 0 Å². The minimum atomic E-state index is -2.96. The molecule has 0 saturated heterocycles. The Hall–Kier alpha value is -1.76. The molecule has 1 rings (SSSR count). The van der Waals surface area contributed by atoms with Gasteiger partial charge >= 0.3 is 5.97 Å². The number of esters is 1. The first-order valence-electron chi connectivity index (χ1n) is 4.33. The fraction of sp³-hybridized carbons (Fsp3) is 0.333. The first kappa shape index (κ1) is 12.3. The predicted octanol–water partition coefficient (Wildman–Crippen LogP) is 0.558. The van der Waals surface area contributed by atoms with Gasteiger partial charge in [-0.1, -0.05) is 0 Å². The zero-order valence-corrected chi connectivity index (χ0v) is 8.42. The van der Waals surface area contributed by atoms with Gasteiger partial charge in [-0.25, -0.2) is 13.6 Å². The monoisotopic (exact) mass is 232 g/mol. The van der Waals surface area contributed by atoms with E-state index in [1.54, 1.807) is 0 Å². The van der Waals surface area contributed by atoms with E-state index >= 15 is 0 Å². The van der Waals surface area contributed by atoms with Crippen LogP contribution >= 0.6 is 0 Å². The van der Waals surface area contributed by atoms with Crippen molar-refractivity contribution in [3.05, 3.63) is 33.2 Å². The van der Waals surface area contributed by atoms with Gasteiger partial charge in [-0.15, -0.1) is 0 Å². The second-order valence-electron chi connectivity index (χ2n) is 2.93. The van der Waals surface area contributed by atoms with Crippen LogP contribution in [0.5, 0.6) is 0 Å². The van der Waals surface area contributed by atoms with Crippen molar-refractivity contribution in [2.24, 2.45) is 5.73 Å². The molecule has 0 aliphatic rings. The lowest BCUT2D eigenvalue weighted by atomic mass is 10.0. The lowest BCUT2D eigenvalue weighted by Crippen LogP contribution is -2.24. The van der Waals surface area contributed by atoms with Crippen LogP contribution in [0.2, 0.25) is 0 Å². The summed E-state index contributed by atoms with van der Waals surface area (Å²) in [5.74, 6) is -1.10. The SMILES string of the molecule is COC(=O)c1c(C(F)F)c(CN)c[nH]c1=O. The molecule has 0 aromatic carbocycles. The number of nitrogens with two attached hydrogens (primary N) is 1. The highest BCUT2D eigenvalue weighted by Crippen LogP contribution is 2.24. The number of hydrogen-bond acceptors (Lipinski definition) is 4. The average Bonchev–Trinajstić information content (AvgIpc) is 2.27. The molecule has 1 heterocycles. The standard InChI is InChI=1S/C9H10F2N2O3/c1-16-9(15)6-5(7(10)11)4(2-12)3-13-8(6)14/h3,7H,2,12H2,1H3,(H,13,14). The highest BCUT2D eigenvalue weighted by Gasteiger charge is 2.25. The first-order chi connectivity index (χ1) is 7.52. The van der Waals surface area contributed by atoms with E-state index in [9.17, 15) is 18.4 Å². The van der Waals surface area contributed by atoms with Gasteiger partial charge in [0.25, 0.3) is 12.0 Å². The number of halogens is 2. The topological polar surface area (TPSA) is 85.2 Å². The summed E-state index contributed by atoms with van der Waals surface area (Å²) < 4.78 is 29.7.